The molecule has 0 amide bonds. The van der Waals surface area contributed by atoms with E-state index in [0.29, 0.717) is 0 Å². The molecule has 0 aliphatic heterocycles. The molecule has 0 unspecified atom stereocenters. The van der Waals surface area contributed by atoms with E-state index in [4.69, 9.17) is 0 Å². The third kappa shape index (κ3) is 9.38. The van der Waals surface area contributed by atoms with E-state index in [1.165, 1.54) is 0 Å². The highest BCUT2D eigenvalue weighted by atomic mass is 35.5. The Kier molecular flexibility index (Phi) is 5.36. The summed E-state index contributed by atoms with van der Waals surface area (Å²) in [6, 6.07) is 0. The first-order chi connectivity index (χ1) is 3.06. The molecule has 0 aromatic carbocycles. The fourth-order valence-electron chi connectivity index (χ4n) is 0.116. The zero-order valence-corrected chi connectivity index (χ0v) is 4.59. The van der Waals surface area contributed by atoms with Crippen molar-refractivity contribution < 1.29 is 36.3 Å². The van der Waals surface area contributed by atoms with Gasteiger partial charge in [0.1, 0.15) is 0 Å². The molecule has 0 bridgehead atoms. The van der Waals surface area contributed by atoms with Gasteiger partial charge in [-0.15, -0.1) is 0 Å². The number of hydrogen-bond donors (Lipinski definition) is 1. The second-order valence-corrected chi connectivity index (χ2v) is 0.964. The lowest BCUT2D eigenvalue weighted by Crippen LogP contribution is -3.00. The Labute approximate surface area is 50.2 Å². The molecule has 0 saturated carbocycles. The van der Waals surface area contributed by atoms with Gasteiger partial charge in [-0.2, -0.15) is 18.0 Å². The molecule has 0 atom stereocenters. The maximum Gasteiger partial charge on any atom is 0.417 e. The average Bonchev–Trinajstić information content (AvgIpc) is 1.30. The van der Waals surface area contributed by atoms with E-state index in [-0.39, 0.29) is 12.4 Å². The monoisotopic (exact) mass is 151 g/mol. The van der Waals surface area contributed by atoms with Crippen LogP contribution in [0.4, 0.5) is 13.2 Å². The lowest BCUT2D eigenvalue weighted by molar-refractivity contribution is -0.696. The van der Waals surface area contributed by atoms with Crippen LogP contribution in [0.25, 0.3) is 0 Å². The molecule has 0 aromatic rings. The molecule has 8 heavy (non-hydrogen) atoms. The molecule has 0 fully saturated rings. The first-order valence-corrected chi connectivity index (χ1v) is 1.50. The highest BCUT2D eigenvalue weighted by molar-refractivity contribution is 4.40. The van der Waals surface area contributed by atoms with Crippen LogP contribution in [-0.2, 0) is 4.84 Å². The van der Waals surface area contributed by atoms with Crippen molar-refractivity contribution in [1.29, 1.82) is 0 Å². The van der Waals surface area contributed by atoms with E-state index >= 15 is 0 Å². The fourth-order valence-corrected chi connectivity index (χ4v) is 0.116. The van der Waals surface area contributed by atoms with E-state index in [0.717, 1.165) is 0 Å². The van der Waals surface area contributed by atoms with E-state index in [9.17, 15) is 13.2 Å². The summed E-state index contributed by atoms with van der Waals surface area (Å²) in [7, 11) is 0. The highest BCUT2D eigenvalue weighted by Crippen LogP contribution is 2.12. The highest BCUT2D eigenvalue weighted by Gasteiger charge is 2.28. The largest absolute Gasteiger partial charge is 1.00 e. The third-order valence-electron chi connectivity index (χ3n) is 0.266. The van der Waals surface area contributed by atoms with Crippen molar-refractivity contribution in [3.63, 3.8) is 0 Å². The number of halogens is 4. The minimum Gasteiger partial charge on any atom is -1.00 e. The molecule has 0 saturated heterocycles. The summed E-state index contributed by atoms with van der Waals surface area (Å²) in [4.78, 5) is 3.53. The Balaban J connectivity index is 0. The maximum absolute atomic E-state index is 10.9. The van der Waals surface area contributed by atoms with Gasteiger partial charge in [0.25, 0.3) is 0 Å². The number of hydrogen-bond acceptors (Lipinski definition) is 1. The summed E-state index contributed by atoms with van der Waals surface area (Å²) in [5.41, 5.74) is 0. The van der Waals surface area contributed by atoms with Gasteiger partial charge in [-0.3, -0.25) is 0 Å². The Morgan fingerprint density at radius 2 is 1.75 bits per heavy atom. The van der Waals surface area contributed by atoms with Crippen LogP contribution in [0.1, 0.15) is 0 Å². The van der Waals surface area contributed by atoms with Crippen molar-refractivity contribution in [1.82, 2.24) is 0 Å². The summed E-state index contributed by atoms with van der Waals surface area (Å²) < 4.78 is 32.7. The second-order valence-electron chi connectivity index (χ2n) is 0.964. The van der Waals surface area contributed by atoms with Gasteiger partial charge in [0.05, 0.1) is 0 Å². The molecule has 0 spiro atoms. The Bertz CT molecular complexity index is 55.7. The Morgan fingerprint density at radius 1 is 1.38 bits per heavy atom. The first kappa shape index (κ1) is 10.9. The summed E-state index contributed by atoms with van der Waals surface area (Å²) in [6.45, 7) is -1.27. The molecule has 2 nitrogen and oxygen atoms in total. The molecule has 0 heterocycles. The summed E-state index contributed by atoms with van der Waals surface area (Å²) in [6.07, 6.45) is -4.23. The van der Waals surface area contributed by atoms with Crippen molar-refractivity contribution in [2.75, 3.05) is 6.61 Å². The first-order valence-electron chi connectivity index (χ1n) is 1.50. The lowest BCUT2D eigenvalue weighted by Gasteiger charge is -1.98. The van der Waals surface area contributed by atoms with Crippen molar-refractivity contribution in [3.8, 4) is 0 Å². The normalized spacial score (nSPS) is 10.5. The summed E-state index contributed by atoms with van der Waals surface area (Å²) in [5.74, 6) is 2.55. The zero-order chi connectivity index (χ0) is 5.91. The van der Waals surface area contributed by atoms with Crippen molar-refractivity contribution in [3.05, 3.63) is 0 Å². The number of quaternary nitrogens is 1. The van der Waals surface area contributed by atoms with Gasteiger partial charge in [0, 0.05) is 0 Å². The predicted octanol–water partition coefficient (Wildman–Crippen LogP) is -3.27. The zero-order valence-electron chi connectivity index (χ0n) is 3.83. The summed E-state index contributed by atoms with van der Waals surface area (Å²) in [5, 5.41) is 0. The molecule has 0 rings (SSSR count). The Morgan fingerprint density at radius 3 is 1.75 bits per heavy atom. The third-order valence-corrected chi connectivity index (χ3v) is 0.266. The van der Waals surface area contributed by atoms with Crippen LogP contribution < -0.4 is 18.3 Å². The van der Waals surface area contributed by atoms with Crippen LogP contribution in [0, 0.1) is 0 Å². The average molecular weight is 152 g/mol. The maximum atomic E-state index is 10.9. The smallest absolute Gasteiger partial charge is 0.417 e. The van der Waals surface area contributed by atoms with Crippen LogP contribution >= 0.6 is 0 Å². The molecule has 0 aliphatic rings. The molecule has 0 aromatic heterocycles. The second kappa shape index (κ2) is 3.94. The van der Waals surface area contributed by atoms with Crippen molar-refractivity contribution >= 4 is 0 Å². The van der Waals surface area contributed by atoms with Crippen LogP contribution in [0.2, 0.25) is 0 Å². The SMILES string of the molecule is [Cl-].[NH3+]OCC(F)(F)F. The predicted molar refractivity (Wildman–Crippen MR) is 14.9 cm³/mol. The van der Waals surface area contributed by atoms with Gasteiger partial charge in [-0.05, 0) is 0 Å². The molecule has 6 heteroatoms. The van der Waals surface area contributed by atoms with Crippen LogP contribution in [0.15, 0.2) is 0 Å². The van der Waals surface area contributed by atoms with Gasteiger partial charge in [0.2, 0.25) is 6.61 Å². The van der Waals surface area contributed by atoms with Crippen LogP contribution in [-0.4, -0.2) is 12.8 Å². The van der Waals surface area contributed by atoms with Crippen LogP contribution in [0.5, 0.6) is 0 Å². The topological polar surface area (TPSA) is 36.9 Å². The molecule has 3 N–H and O–H groups in total. The molecular weight excluding hydrogens is 146 g/mol. The minimum absolute atomic E-state index is 0. The van der Waals surface area contributed by atoms with Gasteiger partial charge < -0.3 is 12.4 Å². The molecule has 52 valence electrons. The van der Waals surface area contributed by atoms with Gasteiger partial charge in [-0.1, -0.05) is 0 Å². The fraction of sp³-hybridized carbons (Fsp3) is 1.00. The molecular formula is C2H5ClF3NO. The number of alkyl halides is 3. The lowest BCUT2D eigenvalue weighted by atomic mass is 10.7. The molecule has 0 aliphatic carbocycles. The van der Waals surface area contributed by atoms with E-state index in [1.807, 2.05) is 0 Å². The van der Waals surface area contributed by atoms with E-state index in [1.54, 1.807) is 0 Å². The van der Waals surface area contributed by atoms with Gasteiger partial charge >= 0.3 is 6.18 Å². The standard InChI is InChI=1S/C2H5F3NO.ClH/c3-2(4,5)1-7-6;/h1H2,6H3;1H/q+1;/p-1. The summed E-state index contributed by atoms with van der Waals surface area (Å²) >= 11 is 0. The van der Waals surface area contributed by atoms with Crippen LogP contribution in [0.3, 0.4) is 0 Å². The number of rotatable bonds is 1. The minimum atomic E-state index is -4.23. The van der Waals surface area contributed by atoms with E-state index in [2.05, 4.69) is 10.7 Å². The Hall–Kier alpha value is -0.0000000000000000555. The van der Waals surface area contributed by atoms with Gasteiger partial charge in [0.15, 0.2) is 0 Å². The van der Waals surface area contributed by atoms with E-state index < -0.39 is 12.8 Å². The van der Waals surface area contributed by atoms with Crippen molar-refractivity contribution in [2.24, 2.45) is 0 Å². The van der Waals surface area contributed by atoms with Crippen molar-refractivity contribution in [2.45, 2.75) is 6.18 Å². The quantitative estimate of drug-likeness (QED) is 0.392. The van der Waals surface area contributed by atoms with Gasteiger partial charge in [-0.25, -0.2) is 5.90 Å². The molecule has 0 radical (unpaired) electrons.